The maximum absolute atomic E-state index is 11.7. The molecule has 0 aliphatic heterocycles. The van der Waals surface area contributed by atoms with Gasteiger partial charge in [-0.15, -0.1) is 0 Å². The van der Waals surface area contributed by atoms with Crippen molar-refractivity contribution in [1.29, 1.82) is 0 Å². The van der Waals surface area contributed by atoms with Crippen molar-refractivity contribution in [2.24, 2.45) is 11.7 Å². The average Bonchev–Trinajstić information content (AvgIpc) is 2.28. The fourth-order valence-corrected chi connectivity index (χ4v) is 1.57. The minimum Gasteiger partial charge on any atom is -0.341 e. The van der Waals surface area contributed by atoms with Gasteiger partial charge < -0.3 is 10.6 Å². The van der Waals surface area contributed by atoms with Gasteiger partial charge in [-0.3, -0.25) is 4.79 Å². The Bertz CT molecular complexity index is 343. The summed E-state index contributed by atoms with van der Waals surface area (Å²) in [6.07, 6.45) is 0. The summed E-state index contributed by atoms with van der Waals surface area (Å²) < 4.78 is 0. The molecule has 0 saturated heterocycles. The molecule has 0 aliphatic rings. The third-order valence-electron chi connectivity index (χ3n) is 2.55. The lowest BCUT2D eigenvalue weighted by Gasteiger charge is -2.19. The lowest BCUT2D eigenvalue weighted by Crippen LogP contribution is -2.29. The second-order valence-electron chi connectivity index (χ2n) is 4.37. The molecule has 3 nitrogen and oxygen atoms in total. The fourth-order valence-electron chi connectivity index (χ4n) is 1.57. The number of nitrogens with zero attached hydrogens (tertiary/aromatic N) is 1. The van der Waals surface area contributed by atoms with Gasteiger partial charge in [-0.25, -0.2) is 0 Å². The first kappa shape index (κ1) is 12.7. The van der Waals surface area contributed by atoms with Crippen LogP contribution >= 0.6 is 0 Å². The van der Waals surface area contributed by atoms with Gasteiger partial charge in [0.2, 0.25) is 5.91 Å². The second kappa shape index (κ2) is 5.66. The molecule has 0 aromatic heterocycles. The third-order valence-corrected chi connectivity index (χ3v) is 2.55. The first-order chi connectivity index (χ1) is 7.54. The van der Waals surface area contributed by atoms with Crippen molar-refractivity contribution in [3.05, 3.63) is 35.4 Å². The van der Waals surface area contributed by atoms with Gasteiger partial charge in [0, 0.05) is 26.1 Å². The minimum absolute atomic E-state index is 0.0494. The summed E-state index contributed by atoms with van der Waals surface area (Å²) in [6.45, 7) is 5.04. The van der Waals surface area contributed by atoms with Crippen LogP contribution in [0.2, 0.25) is 0 Å². The highest BCUT2D eigenvalue weighted by Gasteiger charge is 2.12. The quantitative estimate of drug-likeness (QED) is 0.840. The smallest absolute Gasteiger partial charge is 0.225 e. The molecule has 1 amide bonds. The predicted octanol–water partition coefficient (Wildman–Crippen LogP) is 1.76. The molecule has 16 heavy (non-hydrogen) atoms. The zero-order chi connectivity index (χ0) is 12.1. The Morgan fingerprint density at radius 2 is 1.75 bits per heavy atom. The van der Waals surface area contributed by atoms with E-state index in [1.807, 2.05) is 45.2 Å². The number of hydrogen-bond donors (Lipinski definition) is 1. The van der Waals surface area contributed by atoms with E-state index in [2.05, 4.69) is 0 Å². The van der Waals surface area contributed by atoms with Gasteiger partial charge in [0.25, 0.3) is 0 Å². The maximum atomic E-state index is 11.7. The van der Waals surface area contributed by atoms with Crippen molar-refractivity contribution in [3.8, 4) is 0 Å². The number of rotatable bonds is 4. The average molecular weight is 220 g/mol. The minimum atomic E-state index is 0.0494. The van der Waals surface area contributed by atoms with E-state index in [1.54, 1.807) is 4.90 Å². The van der Waals surface area contributed by atoms with Crippen molar-refractivity contribution in [3.63, 3.8) is 0 Å². The highest BCUT2D eigenvalue weighted by molar-refractivity contribution is 5.77. The summed E-state index contributed by atoms with van der Waals surface area (Å²) >= 11 is 0. The SMILES string of the molecule is CC(C)C(=O)N(C)Cc1ccc(CN)cc1. The Hall–Kier alpha value is -1.35. The maximum Gasteiger partial charge on any atom is 0.225 e. The molecular weight excluding hydrogens is 200 g/mol. The highest BCUT2D eigenvalue weighted by Crippen LogP contribution is 2.08. The van der Waals surface area contributed by atoms with Crippen LogP contribution in [-0.4, -0.2) is 17.9 Å². The number of carbonyl (C=O) groups excluding carboxylic acids is 1. The summed E-state index contributed by atoms with van der Waals surface area (Å²) in [5, 5.41) is 0. The molecule has 0 aliphatic carbocycles. The molecule has 0 unspecified atom stereocenters. The Kier molecular flexibility index (Phi) is 4.50. The molecule has 0 fully saturated rings. The van der Waals surface area contributed by atoms with E-state index in [9.17, 15) is 4.79 Å². The first-order valence-corrected chi connectivity index (χ1v) is 5.57. The van der Waals surface area contributed by atoms with Crippen LogP contribution in [0.1, 0.15) is 25.0 Å². The molecule has 1 rings (SSSR count). The second-order valence-corrected chi connectivity index (χ2v) is 4.37. The monoisotopic (exact) mass is 220 g/mol. The predicted molar refractivity (Wildman–Crippen MR) is 65.6 cm³/mol. The number of nitrogens with two attached hydrogens (primary N) is 1. The summed E-state index contributed by atoms with van der Waals surface area (Å²) in [6, 6.07) is 8.05. The van der Waals surface area contributed by atoms with E-state index in [-0.39, 0.29) is 11.8 Å². The number of hydrogen-bond acceptors (Lipinski definition) is 2. The molecule has 3 heteroatoms. The molecule has 0 saturated carbocycles. The Balaban J connectivity index is 2.62. The summed E-state index contributed by atoms with van der Waals surface area (Å²) in [7, 11) is 1.83. The molecule has 1 aromatic carbocycles. The van der Waals surface area contributed by atoms with Crippen LogP contribution in [0.5, 0.6) is 0 Å². The van der Waals surface area contributed by atoms with Gasteiger partial charge in [-0.1, -0.05) is 38.1 Å². The van der Waals surface area contributed by atoms with Crippen LogP contribution < -0.4 is 5.73 Å². The van der Waals surface area contributed by atoms with E-state index in [1.165, 1.54) is 0 Å². The fraction of sp³-hybridized carbons (Fsp3) is 0.462. The van der Waals surface area contributed by atoms with Gasteiger partial charge in [-0.2, -0.15) is 0 Å². The van der Waals surface area contributed by atoms with Crippen LogP contribution in [0.25, 0.3) is 0 Å². The van der Waals surface area contributed by atoms with Crippen molar-refractivity contribution < 1.29 is 4.79 Å². The van der Waals surface area contributed by atoms with E-state index in [0.29, 0.717) is 13.1 Å². The van der Waals surface area contributed by atoms with Gasteiger partial charge in [0.1, 0.15) is 0 Å². The molecule has 0 heterocycles. The lowest BCUT2D eigenvalue weighted by atomic mass is 10.1. The first-order valence-electron chi connectivity index (χ1n) is 5.57. The van der Waals surface area contributed by atoms with E-state index >= 15 is 0 Å². The molecule has 0 radical (unpaired) electrons. The summed E-state index contributed by atoms with van der Waals surface area (Å²) in [5.74, 6) is 0.219. The number of carbonyl (C=O) groups is 1. The normalized spacial score (nSPS) is 10.6. The molecule has 0 atom stereocenters. The Morgan fingerprint density at radius 1 is 1.25 bits per heavy atom. The van der Waals surface area contributed by atoms with Crippen LogP contribution in [0.3, 0.4) is 0 Å². The Labute approximate surface area is 97.2 Å². The molecule has 2 N–H and O–H groups in total. The molecule has 1 aromatic rings. The van der Waals surface area contributed by atoms with Crippen LogP contribution in [0, 0.1) is 5.92 Å². The standard InChI is InChI=1S/C13H20N2O/c1-10(2)13(16)15(3)9-12-6-4-11(8-14)5-7-12/h4-7,10H,8-9,14H2,1-3H3. The van der Waals surface area contributed by atoms with E-state index < -0.39 is 0 Å². The number of amides is 1. The zero-order valence-corrected chi connectivity index (χ0v) is 10.2. The van der Waals surface area contributed by atoms with Gasteiger partial charge in [-0.05, 0) is 11.1 Å². The van der Waals surface area contributed by atoms with Gasteiger partial charge >= 0.3 is 0 Å². The van der Waals surface area contributed by atoms with Crippen molar-refractivity contribution >= 4 is 5.91 Å². The van der Waals surface area contributed by atoms with Crippen molar-refractivity contribution in [2.75, 3.05) is 7.05 Å². The zero-order valence-electron chi connectivity index (χ0n) is 10.2. The topological polar surface area (TPSA) is 46.3 Å². The van der Waals surface area contributed by atoms with E-state index in [4.69, 9.17) is 5.73 Å². The lowest BCUT2D eigenvalue weighted by molar-refractivity contribution is -0.133. The van der Waals surface area contributed by atoms with Crippen LogP contribution in [0.15, 0.2) is 24.3 Å². The molecular formula is C13H20N2O. The van der Waals surface area contributed by atoms with Gasteiger partial charge in [0.05, 0.1) is 0 Å². The number of benzene rings is 1. The summed E-state index contributed by atoms with van der Waals surface area (Å²) in [5.41, 5.74) is 7.77. The molecule has 88 valence electrons. The van der Waals surface area contributed by atoms with Crippen molar-refractivity contribution in [2.45, 2.75) is 26.9 Å². The molecule has 0 spiro atoms. The van der Waals surface area contributed by atoms with Gasteiger partial charge in [0.15, 0.2) is 0 Å². The third kappa shape index (κ3) is 3.35. The van der Waals surface area contributed by atoms with Crippen molar-refractivity contribution in [1.82, 2.24) is 4.90 Å². The van der Waals surface area contributed by atoms with Crippen LogP contribution in [0.4, 0.5) is 0 Å². The Morgan fingerprint density at radius 3 is 2.19 bits per heavy atom. The summed E-state index contributed by atoms with van der Waals surface area (Å²) in [4.78, 5) is 13.4. The highest BCUT2D eigenvalue weighted by atomic mass is 16.2. The molecule has 0 bridgehead atoms. The largest absolute Gasteiger partial charge is 0.341 e. The van der Waals surface area contributed by atoms with E-state index in [0.717, 1.165) is 11.1 Å². The van der Waals surface area contributed by atoms with Crippen LogP contribution in [-0.2, 0) is 17.9 Å².